The largest absolute Gasteiger partial charge is 0.480 e. The molecule has 0 bridgehead atoms. The number of hydrogen-bond donors (Lipinski definition) is 3. The first-order valence-electron chi connectivity index (χ1n) is 7.69. The topological polar surface area (TPSA) is 108 Å². The molecule has 1 aromatic carbocycles. The van der Waals surface area contributed by atoms with E-state index in [1.807, 2.05) is 30.3 Å². The van der Waals surface area contributed by atoms with Gasteiger partial charge in [-0.1, -0.05) is 44.2 Å². The van der Waals surface area contributed by atoms with Crippen molar-refractivity contribution in [3.8, 4) is 0 Å². The molecule has 2 amide bonds. The van der Waals surface area contributed by atoms with Crippen LogP contribution in [0.4, 0.5) is 5.13 Å². The molecule has 0 aliphatic heterocycles. The number of aliphatic carboxylic acids is 1. The van der Waals surface area contributed by atoms with Gasteiger partial charge in [-0.05, 0) is 11.5 Å². The molecule has 1 unspecified atom stereocenters. The Morgan fingerprint density at radius 1 is 1.20 bits per heavy atom. The standard InChI is InChI=1S/C17H19N3O4S/c1-10(2)14(16(23)24)20-15(22)12-9-25-17(18-12)19-13(21)8-11-6-4-3-5-7-11/h3-7,9-10,14H,8H2,1-2H3,(H,20,22)(H,23,24)(H,18,19,21). The number of carboxylic acids is 1. The number of benzene rings is 1. The predicted octanol–water partition coefficient (Wildman–Crippen LogP) is 2.16. The Morgan fingerprint density at radius 2 is 1.88 bits per heavy atom. The quantitative estimate of drug-likeness (QED) is 0.700. The molecule has 3 N–H and O–H groups in total. The summed E-state index contributed by atoms with van der Waals surface area (Å²) in [7, 11) is 0. The first-order chi connectivity index (χ1) is 11.9. The monoisotopic (exact) mass is 361 g/mol. The Morgan fingerprint density at radius 3 is 2.48 bits per heavy atom. The summed E-state index contributed by atoms with van der Waals surface area (Å²) in [6.07, 6.45) is 0.205. The molecule has 0 spiro atoms. The van der Waals surface area contributed by atoms with Gasteiger partial charge < -0.3 is 15.7 Å². The van der Waals surface area contributed by atoms with Crippen molar-refractivity contribution in [3.63, 3.8) is 0 Å². The Kier molecular flexibility index (Phi) is 6.24. The Labute approximate surface area is 149 Å². The van der Waals surface area contributed by atoms with Gasteiger partial charge in [0.1, 0.15) is 11.7 Å². The maximum atomic E-state index is 12.1. The molecule has 1 atom stereocenters. The van der Waals surface area contributed by atoms with E-state index in [0.29, 0.717) is 5.13 Å². The Balaban J connectivity index is 1.96. The van der Waals surface area contributed by atoms with Gasteiger partial charge in [0.25, 0.3) is 5.91 Å². The van der Waals surface area contributed by atoms with Crippen molar-refractivity contribution in [3.05, 3.63) is 47.0 Å². The average Bonchev–Trinajstić information content (AvgIpc) is 3.01. The third kappa shape index (κ3) is 5.39. The van der Waals surface area contributed by atoms with Crippen LogP contribution in [0, 0.1) is 5.92 Å². The number of carboxylic acid groups (broad SMARTS) is 1. The molecular weight excluding hydrogens is 342 g/mol. The van der Waals surface area contributed by atoms with Crippen LogP contribution in [0.15, 0.2) is 35.7 Å². The summed E-state index contributed by atoms with van der Waals surface area (Å²) in [6, 6.07) is 8.26. The van der Waals surface area contributed by atoms with Crippen LogP contribution < -0.4 is 10.6 Å². The summed E-state index contributed by atoms with van der Waals surface area (Å²) in [5, 5.41) is 16.0. The fourth-order valence-corrected chi connectivity index (χ4v) is 2.82. The lowest BCUT2D eigenvalue weighted by molar-refractivity contribution is -0.140. The number of hydrogen-bond acceptors (Lipinski definition) is 5. The van der Waals surface area contributed by atoms with Gasteiger partial charge in [-0.3, -0.25) is 9.59 Å². The average molecular weight is 361 g/mol. The fraction of sp³-hybridized carbons (Fsp3) is 0.294. The number of nitrogens with zero attached hydrogens (tertiary/aromatic N) is 1. The number of nitrogens with one attached hydrogen (secondary N) is 2. The van der Waals surface area contributed by atoms with Gasteiger partial charge in [0.05, 0.1) is 6.42 Å². The van der Waals surface area contributed by atoms with Crippen LogP contribution in [0.25, 0.3) is 0 Å². The summed E-state index contributed by atoms with van der Waals surface area (Å²) in [4.78, 5) is 39.3. The van der Waals surface area contributed by atoms with E-state index in [1.165, 1.54) is 5.38 Å². The molecule has 7 nitrogen and oxygen atoms in total. The van der Waals surface area contributed by atoms with Crippen molar-refractivity contribution in [2.75, 3.05) is 5.32 Å². The van der Waals surface area contributed by atoms with Crippen LogP contribution in [-0.2, 0) is 16.0 Å². The molecule has 25 heavy (non-hydrogen) atoms. The highest BCUT2D eigenvalue weighted by molar-refractivity contribution is 7.14. The third-order valence-electron chi connectivity index (χ3n) is 3.41. The maximum Gasteiger partial charge on any atom is 0.326 e. The van der Waals surface area contributed by atoms with Gasteiger partial charge in [0, 0.05) is 5.38 Å². The van der Waals surface area contributed by atoms with Crippen LogP contribution in [0.3, 0.4) is 0 Å². The molecule has 132 valence electrons. The van der Waals surface area contributed by atoms with Gasteiger partial charge in [-0.25, -0.2) is 9.78 Å². The highest BCUT2D eigenvalue weighted by Gasteiger charge is 2.25. The second-order valence-electron chi connectivity index (χ2n) is 5.78. The van der Waals surface area contributed by atoms with E-state index in [0.717, 1.165) is 16.9 Å². The predicted molar refractivity (Wildman–Crippen MR) is 94.6 cm³/mol. The summed E-state index contributed by atoms with van der Waals surface area (Å²) in [6.45, 7) is 3.41. The molecular formula is C17H19N3O4S. The van der Waals surface area contributed by atoms with Crippen LogP contribution in [0.2, 0.25) is 0 Å². The lowest BCUT2D eigenvalue weighted by atomic mass is 10.0. The van der Waals surface area contributed by atoms with Crippen molar-refractivity contribution < 1.29 is 19.5 Å². The van der Waals surface area contributed by atoms with Crippen LogP contribution in [0.1, 0.15) is 29.9 Å². The maximum absolute atomic E-state index is 12.1. The SMILES string of the molecule is CC(C)C(NC(=O)c1csc(NC(=O)Cc2ccccc2)n1)C(=O)O. The zero-order valence-electron chi connectivity index (χ0n) is 13.9. The number of carbonyl (C=O) groups is 3. The van der Waals surface area contributed by atoms with E-state index >= 15 is 0 Å². The van der Waals surface area contributed by atoms with Crippen LogP contribution in [0.5, 0.6) is 0 Å². The highest BCUT2D eigenvalue weighted by atomic mass is 32.1. The molecule has 1 aromatic heterocycles. The van der Waals surface area contributed by atoms with E-state index in [2.05, 4.69) is 15.6 Å². The summed E-state index contributed by atoms with van der Waals surface area (Å²) >= 11 is 1.11. The molecule has 0 saturated heterocycles. The lowest BCUT2D eigenvalue weighted by Gasteiger charge is -2.16. The van der Waals surface area contributed by atoms with Gasteiger partial charge in [-0.2, -0.15) is 0 Å². The van der Waals surface area contributed by atoms with Crippen molar-refractivity contribution in [1.29, 1.82) is 0 Å². The molecule has 0 aliphatic carbocycles. The third-order valence-corrected chi connectivity index (χ3v) is 4.17. The van der Waals surface area contributed by atoms with E-state index < -0.39 is 17.9 Å². The van der Waals surface area contributed by atoms with Gasteiger partial charge in [0.2, 0.25) is 5.91 Å². The minimum absolute atomic E-state index is 0.0758. The first kappa shape index (κ1) is 18.6. The zero-order chi connectivity index (χ0) is 18.4. The number of aromatic nitrogens is 1. The lowest BCUT2D eigenvalue weighted by Crippen LogP contribution is -2.44. The summed E-state index contributed by atoms with van der Waals surface area (Å²) < 4.78 is 0. The molecule has 8 heteroatoms. The first-order valence-corrected chi connectivity index (χ1v) is 8.57. The normalized spacial score (nSPS) is 11.8. The number of anilines is 1. The van der Waals surface area contributed by atoms with Crippen LogP contribution in [-0.4, -0.2) is 33.9 Å². The highest BCUT2D eigenvalue weighted by Crippen LogP contribution is 2.16. The smallest absolute Gasteiger partial charge is 0.326 e. The Hall–Kier alpha value is -2.74. The summed E-state index contributed by atoms with van der Waals surface area (Å²) in [5.74, 6) is -2.18. The summed E-state index contributed by atoms with van der Waals surface area (Å²) in [5.41, 5.74) is 0.947. The number of rotatable bonds is 7. The van der Waals surface area contributed by atoms with E-state index in [1.54, 1.807) is 13.8 Å². The molecule has 0 saturated carbocycles. The second-order valence-corrected chi connectivity index (χ2v) is 6.64. The van der Waals surface area contributed by atoms with Crippen molar-refractivity contribution in [2.45, 2.75) is 26.3 Å². The second kappa shape index (κ2) is 8.39. The number of thiazole rings is 1. The molecule has 1 heterocycles. The minimum atomic E-state index is -1.10. The zero-order valence-corrected chi connectivity index (χ0v) is 14.7. The molecule has 0 radical (unpaired) electrons. The van der Waals surface area contributed by atoms with Gasteiger partial charge in [0.15, 0.2) is 5.13 Å². The van der Waals surface area contributed by atoms with Crippen molar-refractivity contribution in [2.24, 2.45) is 5.92 Å². The Bertz CT molecular complexity index is 758. The van der Waals surface area contributed by atoms with Gasteiger partial charge in [-0.15, -0.1) is 11.3 Å². The molecule has 0 aliphatic rings. The fourth-order valence-electron chi connectivity index (χ4n) is 2.11. The number of amides is 2. The molecule has 2 aromatic rings. The molecule has 2 rings (SSSR count). The van der Waals surface area contributed by atoms with E-state index in [4.69, 9.17) is 5.11 Å². The number of carbonyl (C=O) groups excluding carboxylic acids is 2. The van der Waals surface area contributed by atoms with E-state index in [9.17, 15) is 14.4 Å². The van der Waals surface area contributed by atoms with E-state index in [-0.39, 0.29) is 23.9 Å². The van der Waals surface area contributed by atoms with Crippen molar-refractivity contribution in [1.82, 2.24) is 10.3 Å². The van der Waals surface area contributed by atoms with Crippen LogP contribution >= 0.6 is 11.3 Å². The molecule has 0 fully saturated rings. The minimum Gasteiger partial charge on any atom is -0.480 e. The van der Waals surface area contributed by atoms with Gasteiger partial charge >= 0.3 is 5.97 Å². The van der Waals surface area contributed by atoms with Crippen molar-refractivity contribution >= 4 is 34.3 Å².